The van der Waals surface area contributed by atoms with Crippen LogP contribution >= 0.6 is 0 Å². The van der Waals surface area contributed by atoms with Crippen LogP contribution < -0.4 is 18.9 Å². The number of ether oxygens (including phenoxy) is 5. The maximum atomic E-state index is 6.10. The van der Waals surface area contributed by atoms with E-state index in [1.165, 1.54) is 0 Å². The fourth-order valence-electron chi connectivity index (χ4n) is 3.16. The second-order valence-electron chi connectivity index (χ2n) is 8.44. The van der Waals surface area contributed by atoms with Crippen molar-refractivity contribution in [2.45, 2.75) is 40.6 Å². The van der Waals surface area contributed by atoms with E-state index in [2.05, 4.69) is 0 Å². The van der Waals surface area contributed by atoms with Crippen molar-refractivity contribution in [1.29, 1.82) is 0 Å². The summed E-state index contributed by atoms with van der Waals surface area (Å²) in [6.07, 6.45) is 0. The monoisotopic (exact) mass is 470 g/mol. The third-order valence-corrected chi connectivity index (χ3v) is 5.24. The first-order valence-corrected chi connectivity index (χ1v) is 11.5. The first kappa shape index (κ1) is 24.2. The SMILES string of the molecule is Cc1ccc(OC(Oc2ccc(C)cc2)OC(Oc2ccc(C)cc2)Oc2ccc(C)cc2)cc1. The molecule has 0 spiro atoms. The van der Waals surface area contributed by atoms with E-state index >= 15 is 0 Å². The van der Waals surface area contributed by atoms with Crippen molar-refractivity contribution in [2.24, 2.45) is 0 Å². The lowest BCUT2D eigenvalue weighted by molar-refractivity contribution is -0.315. The predicted octanol–water partition coefficient (Wildman–Crippen LogP) is 7.12. The summed E-state index contributed by atoms with van der Waals surface area (Å²) in [4.78, 5) is 0. The summed E-state index contributed by atoms with van der Waals surface area (Å²) in [5.74, 6) is 2.38. The summed E-state index contributed by atoms with van der Waals surface area (Å²) in [7, 11) is 0. The van der Waals surface area contributed by atoms with Crippen LogP contribution in [0.15, 0.2) is 97.1 Å². The van der Waals surface area contributed by atoms with Gasteiger partial charge in [-0.15, -0.1) is 0 Å². The molecule has 5 heteroatoms. The lowest BCUT2D eigenvalue weighted by atomic mass is 10.2. The average molecular weight is 471 g/mol. The van der Waals surface area contributed by atoms with Crippen molar-refractivity contribution in [3.63, 3.8) is 0 Å². The van der Waals surface area contributed by atoms with Crippen molar-refractivity contribution >= 4 is 0 Å². The highest BCUT2D eigenvalue weighted by Gasteiger charge is 2.24. The van der Waals surface area contributed by atoms with Crippen LogP contribution in [0.1, 0.15) is 22.3 Å². The highest BCUT2D eigenvalue weighted by atomic mass is 16.9. The number of hydrogen-bond acceptors (Lipinski definition) is 5. The largest absolute Gasteiger partial charge is 0.432 e. The van der Waals surface area contributed by atoms with Crippen molar-refractivity contribution in [3.05, 3.63) is 119 Å². The molecule has 0 unspecified atom stereocenters. The maximum absolute atomic E-state index is 6.10. The molecule has 0 amide bonds. The Morgan fingerprint density at radius 2 is 0.543 bits per heavy atom. The summed E-state index contributed by atoms with van der Waals surface area (Å²) >= 11 is 0. The van der Waals surface area contributed by atoms with Gasteiger partial charge in [0.2, 0.25) is 0 Å². The number of benzene rings is 4. The molecule has 0 bridgehead atoms. The van der Waals surface area contributed by atoms with Crippen molar-refractivity contribution < 1.29 is 23.7 Å². The molecule has 0 atom stereocenters. The lowest BCUT2D eigenvalue weighted by Crippen LogP contribution is -2.38. The Kier molecular flexibility index (Phi) is 7.91. The van der Waals surface area contributed by atoms with Crippen LogP contribution in [0.5, 0.6) is 23.0 Å². The van der Waals surface area contributed by atoms with Crippen LogP contribution in [0.3, 0.4) is 0 Å². The van der Waals surface area contributed by atoms with E-state index in [1.54, 1.807) is 0 Å². The van der Waals surface area contributed by atoms with Gasteiger partial charge in [0.1, 0.15) is 23.0 Å². The molecule has 0 radical (unpaired) electrons. The summed E-state index contributed by atoms with van der Waals surface area (Å²) in [6.45, 7) is 5.79. The van der Waals surface area contributed by atoms with Crippen LogP contribution in [0, 0.1) is 27.7 Å². The molecular weight excluding hydrogens is 440 g/mol. The van der Waals surface area contributed by atoms with Gasteiger partial charge in [-0.1, -0.05) is 70.8 Å². The number of aryl methyl sites for hydroxylation is 4. The fourth-order valence-corrected chi connectivity index (χ4v) is 3.16. The minimum atomic E-state index is -1.14. The summed E-state index contributed by atoms with van der Waals surface area (Å²) < 4.78 is 30.3. The molecule has 35 heavy (non-hydrogen) atoms. The van der Waals surface area contributed by atoms with Crippen LogP contribution in [0.25, 0.3) is 0 Å². The standard InChI is InChI=1S/C30H30O5/c1-21-5-13-25(14-6-21)31-29(32-26-15-7-22(2)8-16-26)35-30(33-27-17-9-23(3)10-18-27)34-28-19-11-24(4)12-20-28/h5-20,29-30H,1-4H3. The predicted molar refractivity (Wildman–Crippen MR) is 136 cm³/mol. The van der Waals surface area contributed by atoms with E-state index in [4.69, 9.17) is 23.7 Å². The van der Waals surface area contributed by atoms with Gasteiger partial charge in [-0.2, -0.15) is 0 Å². The molecule has 0 fully saturated rings. The van der Waals surface area contributed by atoms with E-state index in [0.29, 0.717) is 23.0 Å². The Balaban J connectivity index is 1.58. The molecule has 0 aliphatic rings. The minimum Gasteiger partial charge on any atom is -0.432 e. The summed E-state index contributed by atoms with van der Waals surface area (Å²) in [5, 5.41) is 0. The van der Waals surface area contributed by atoms with Crippen LogP contribution in [-0.4, -0.2) is 13.0 Å². The molecule has 4 aromatic carbocycles. The molecule has 0 N–H and O–H groups in total. The van der Waals surface area contributed by atoms with Gasteiger partial charge >= 0.3 is 13.0 Å². The average Bonchev–Trinajstić information content (AvgIpc) is 2.85. The highest BCUT2D eigenvalue weighted by Crippen LogP contribution is 2.23. The molecule has 0 saturated carbocycles. The third kappa shape index (κ3) is 7.52. The van der Waals surface area contributed by atoms with E-state index in [1.807, 2.05) is 125 Å². The van der Waals surface area contributed by atoms with Gasteiger partial charge in [-0.05, 0) is 76.2 Å². The van der Waals surface area contributed by atoms with Gasteiger partial charge in [0.25, 0.3) is 0 Å². The maximum Gasteiger partial charge on any atom is 0.366 e. The smallest absolute Gasteiger partial charge is 0.366 e. The molecular formula is C30H30O5. The van der Waals surface area contributed by atoms with Gasteiger partial charge in [0, 0.05) is 0 Å². The minimum absolute atomic E-state index is 0.595. The van der Waals surface area contributed by atoms with Crippen LogP contribution in [-0.2, 0) is 4.74 Å². The van der Waals surface area contributed by atoms with Gasteiger partial charge in [-0.3, -0.25) is 0 Å². The molecule has 0 aliphatic carbocycles. The Bertz CT molecular complexity index is 992. The Morgan fingerprint density at radius 3 is 0.743 bits per heavy atom. The summed E-state index contributed by atoms with van der Waals surface area (Å²) in [5.41, 5.74) is 4.49. The molecule has 4 aromatic rings. The third-order valence-electron chi connectivity index (χ3n) is 5.24. The van der Waals surface area contributed by atoms with Crippen molar-refractivity contribution in [3.8, 4) is 23.0 Å². The zero-order chi connectivity index (χ0) is 24.6. The first-order chi connectivity index (χ1) is 16.9. The normalized spacial score (nSPS) is 10.9. The molecule has 0 heterocycles. The quantitative estimate of drug-likeness (QED) is 0.231. The Labute approximate surface area is 206 Å². The molecule has 5 nitrogen and oxygen atoms in total. The zero-order valence-electron chi connectivity index (χ0n) is 20.4. The van der Waals surface area contributed by atoms with Gasteiger partial charge in [0.05, 0.1) is 0 Å². The zero-order valence-corrected chi connectivity index (χ0v) is 20.4. The number of hydrogen-bond donors (Lipinski definition) is 0. The Hall–Kier alpha value is -3.96. The van der Waals surface area contributed by atoms with E-state index < -0.39 is 13.0 Å². The second-order valence-corrected chi connectivity index (χ2v) is 8.44. The van der Waals surface area contributed by atoms with Crippen LogP contribution in [0.4, 0.5) is 0 Å². The van der Waals surface area contributed by atoms with Crippen molar-refractivity contribution in [1.82, 2.24) is 0 Å². The van der Waals surface area contributed by atoms with Gasteiger partial charge in [0.15, 0.2) is 0 Å². The van der Waals surface area contributed by atoms with Gasteiger partial charge in [-0.25, -0.2) is 4.74 Å². The first-order valence-electron chi connectivity index (χ1n) is 11.5. The van der Waals surface area contributed by atoms with Crippen LogP contribution in [0.2, 0.25) is 0 Å². The lowest BCUT2D eigenvalue weighted by Gasteiger charge is -2.26. The highest BCUT2D eigenvalue weighted by molar-refractivity contribution is 5.29. The van der Waals surface area contributed by atoms with E-state index in [9.17, 15) is 0 Å². The molecule has 0 aromatic heterocycles. The van der Waals surface area contributed by atoms with Crippen molar-refractivity contribution in [2.75, 3.05) is 0 Å². The topological polar surface area (TPSA) is 46.2 Å². The molecule has 0 aliphatic heterocycles. The molecule has 0 saturated heterocycles. The Morgan fingerprint density at radius 1 is 0.343 bits per heavy atom. The second kappa shape index (κ2) is 11.4. The molecule has 4 rings (SSSR count). The fraction of sp³-hybridized carbons (Fsp3) is 0.200. The van der Waals surface area contributed by atoms with E-state index in [-0.39, 0.29) is 0 Å². The van der Waals surface area contributed by atoms with E-state index in [0.717, 1.165) is 22.3 Å². The number of rotatable bonds is 10. The molecule has 180 valence electrons. The summed E-state index contributed by atoms with van der Waals surface area (Å²) in [6, 6.07) is 30.6. The van der Waals surface area contributed by atoms with Gasteiger partial charge < -0.3 is 18.9 Å².